The summed E-state index contributed by atoms with van der Waals surface area (Å²) >= 11 is 0. The third kappa shape index (κ3) is 3.14. The molecule has 2 aliphatic rings. The van der Waals surface area contributed by atoms with E-state index in [4.69, 9.17) is 4.74 Å². The van der Waals surface area contributed by atoms with Crippen LogP contribution in [-0.4, -0.2) is 36.5 Å². The lowest BCUT2D eigenvalue weighted by atomic mass is 9.87. The maximum atomic E-state index is 13.1. The van der Waals surface area contributed by atoms with E-state index < -0.39 is 0 Å². The molecule has 0 aromatic heterocycles. The number of ether oxygens (including phenoxy) is 1. The Morgan fingerprint density at radius 3 is 2.24 bits per heavy atom. The van der Waals surface area contributed by atoms with Crippen molar-refractivity contribution in [2.75, 3.05) is 19.6 Å². The van der Waals surface area contributed by atoms with Crippen LogP contribution in [0, 0.1) is 0 Å². The lowest BCUT2D eigenvalue weighted by molar-refractivity contribution is -0.122. The molecule has 2 aromatic rings. The van der Waals surface area contributed by atoms with E-state index in [1.807, 2.05) is 48.5 Å². The van der Waals surface area contributed by atoms with Gasteiger partial charge in [-0.05, 0) is 45.0 Å². The summed E-state index contributed by atoms with van der Waals surface area (Å²) < 4.78 is 5.98. The largest absolute Gasteiger partial charge is 0.457 e. The summed E-state index contributed by atoms with van der Waals surface area (Å²) in [6.07, 6.45) is 2.53. The van der Waals surface area contributed by atoms with Crippen LogP contribution in [0.25, 0.3) is 0 Å². The van der Waals surface area contributed by atoms with Gasteiger partial charge in [0.1, 0.15) is 11.5 Å². The molecule has 0 saturated carbocycles. The van der Waals surface area contributed by atoms with E-state index >= 15 is 0 Å². The molecule has 25 heavy (non-hydrogen) atoms. The minimum Gasteiger partial charge on any atom is -0.457 e. The Kier molecular flexibility index (Phi) is 4.45. The van der Waals surface area contributed by atoms with Gasteiger partial charge in [-0.25, -0.2) is 0 Å². The molecule has 1 saturated heterocycles. The number of carbonyl (C=O) groups is 1. The average molecular weight is 336 g/mol. The summed E-state index contributed by atoms with van der Waals surface area (Å²) in [7, 11) is 0. The Hall–Kier alpha value is -2.33. The van der Waals surface area contributed by atoms with Crippen LogP contribution in [-0.2, 0) is 4.79 Å². The van der Waals surface area contributed by atoms with Gasteiger partial charge in [0.05, 0.1) is 5.92 Å². The van der Waals surface area contributed by atoms with Crippen molar-refractivity contribution >= 4 is 5.91 Å². The quantitative estimate of drug-likeness (QED) is 0.929. The van der Waals surface area contributed by atoms with Crippen molar-refractivity contribution in [3.63, 3.8) is 0 Å². The van der Waals surface area contributed by atoms with Crippen LogP contribution in [0.3, 0.4) is 0 Å². The van der Waals surface area contributed by atoms with Crippen LogP contribution < -0.4 is 10.1 Å². The number of benzene rings is 2. The molecule has 4 rings (SSSR count). The molecule has 130 valence electrons. The van der Waals surface area contributed by atoms with E-state index in [-0.39, 0.29) is 11.8 Å². The topological polar surface area (TPSA) is 41.6 Å². The number of rotatable bonds is 4. The van der Waals surface area contributed by atoms with Gasteiger partial charge >= 0.3 is 0 Å². The maximum Gasteiger partial charge on any atom is 0.232 e. The average Bonchev–Trinajstić information content (AvgIpc) is 3.18. The maximum absolute atomic E-state index is 13.1. The molecule has 1 N–H and O–H groups in total. The first-order valence-corrected chi connectivity index (χ1v) is 9.11. The lowest BCUT2D eigenvalue weighted by Crippen LogP contribution is -2.42. The van der Waals surface area contributed by atoms with Crippen molar-refractivity contribution in [2.24, 2.45) is 0 Å². The number of nitrogens with zero attached hydrogens (tertiary/aromatic N) is 1. The van der Waals surface area contributed by atoms with E-state index in [2.05, 4.69) is 17.1 Å². The van der Waals surface area contributed by atoms with Crippen molar-refractivity contribution in [1.29, 1.82) is 0 Å². The minimum atomic E-state index is -0.313. The Labute approximate surface area is 148 Å². The van der Waals surface area contributed by atoms with Crippen molar-refractivity contribution in [3.8, 4) is 11.5 Å². The number of hydrogen-bond acceptors (Lipinski definition) is 3. The van der Waals surface area contributed by atoms with Crippen molar-refractivity contribution in [1.82, 2.24) is 10.2 Å². The van der Waals surface area contributed by atoms with E-state index in [1.54, 1.807) is 0 Å². The number of para-hydroxylation sites is 2. The smallest absolute Gasteiger partial charge is 0.232 e. The van der Waals surface area contributed by atoms with Crippen LogP contribution in [0.5, 0.6) is 11.5 Å². The summed E-state index contributed by atoms with van der Waals surface area (Å²) in [5, 5.41) is 3.17. The van der Waals surface area contributed by atoms with E-state index in [0.717, 1.165) is 35.7 Å². The van der Waals surface area contributed by atoms with Crippen molar-refractivity contribution < 1.29 is 9.53 Å². The van der Waals surface area contributed by atoms with Gasteiger partial charge < -0.3 is 10.1 Å². The zero-order valence-electron chi connectivity index (χ0n) is 14.6. The fourth-order valence-corrected chi connectivity index (χ4v) is 3.85. The number of amides is 1. The molecule has 0 radical (unpaired) electrons. The number of fused-ring (bicyclic) bond motifs is 2. The first kappa shape index (κ1) is 16.2. The molecular formula is C21H24N2O2. The molecule has 4 heteroatoms. The number of nitrogens with one attached hydrogen (secondary N) is 1. The highest BCUT2D eigenvalue weighted by molar-refractivity contribution is 5.89. The van der Waals surface area contributed by atoms with Gasteiger partial charge in [0.25, 0.3) is 0 Å². The summed E-state index contributed by atoms with van der Waals surface area (Å²) in [4.78, 5) is 15.5. The third-order valence-corrected chi connectivity index (χ3v) is 5.28. The molecule has 1 atom stereocenters. The Morgan fingerprint density at radius 2 is 1.64 bits per heavy atom. The molecule has 2 aromatic carbocycles. The predicted octanol–water partition coefficient (Wildman–Crippen LogP) is 3.52. The normalized spacial score (nSPS) is 18.1. The van der Waals surface area contributed by atoms with Gasteiger partial charge in [-0.1, -0.05) is 36.4 Å². The fourth-order valence-electron chi connectivity index (χ4n) is 3.85. The highest BCUT2D eigenvalue weighted by Gasteiger charge is 2.32. The molecule has 0 bridgehead atoms. The van der Waals surface area contributed by atoms with Crippen LogP contribution in [0.15, 0.2) is 48.5 Å². The molecule has 4 nitrogen and oxygen atoms in total. The number of hydrogen-bond donors (Lipinski definition) is 1. The molecule has 1 amide bonds. The second-order valence-electron chi connectivity index (χ2n) is 6.95. The Morgan fingerprint density at radius 1 is 1.08 bits per heavy atom. The molecular weight excluding hydrogens is 312 g/mol. The van der Waals surface area contributed by atoms with Crippen molar-refractivity contribution in [2.45, 2.75) is 31.7 Å². The van der Waals surface area contributed by atoms with Crippen LogP contribution in [0.1, 0.15) is 36.8 Å². The highest BCUT2D eigenvalue weighted by atomic mass is 16.5. The Balaban J connectivity index is 1.55. The zero-order chi connectivity index (χ0) is 17.2. The zero-order valence-corrected chi connectivity index (χ0v) is 14.6. The van der Waals surface area contributed by atoms with Gasteiger partial charge in [0, 0.05) is 23.7 Å². The standard InChI is InChI=1S/C21H24N2O2/c1-15(23-12-6-7-13-23)14-22-21(24)20-16-8-2-4-10-18(16)25-19-11-5-3-9-17(19)20/h2-5,8-11,15,20H,6-7,12-14H2,1H3,(H,22,24)/t15-/m0/s1. The third-order valence-electron chi connectivity index (χ3n) is 5.28. The molecule has 0 aliphatic carbocycles. The fraction of sp³-hybridized carbons (Fsp3) is 0.381. The van der Waals surface area contributed by atoms with Crippen LogP contribution in [0.2, 0.25) is 0 Å². The lowest BCUT2D eigenvalue weighted by Gasteiger charge is -2.29. The van der Waals surface area contributed by atoms with E-state index in [0.29, 0.717) is 12.6 Å². The van der Waals surface area contributed by atoms with Gasteiger partial charge in [0.15, 0.2) is 0 Å². The summed E-state index contributed by atoms with van der Waals surface area (Å²) in [6, 6.07) is 16.0. The molecule has 1 fully saturated rings. The first-order valence-electron chi connectivity index (χ1n) is 9.11. The molecule has 2 aliphatic heterocycles. The van der Waals surface area contributed by atoms with Gasteiger partial charge in [0.2, 0.25) is 5.91 Å². The van der Waals surface area contributed by atoms with Gasteiger partial charge in [-0.3, -0.25) is 9.69 Å². The number of carbonyl (C=O) groups excluding carboxylic acids is 1. The Bertz CT molecular complexity index is 722. The summed E-state index contributed by atoms with van der Waals surface area (Å²) in [6.45, 7) is 5.15. The molecule has 2 heterocycles. The minimum absolute atomic E-state index is 0.0502. The predicted molar refractivity (Wildman–Crippen MR) is 98.1 cm³/mol. The number of likely N-dealkylation sites (tertiary alicyclic amines) is 1. The van der Waals surface area contributed by atoms with E-state index in [9.17, 15) is 4.79 Å². The van der Waals surface area contributed by atoms with Gasteiger partial charge in [-0.15, -0.1) is 0 Å². The highest BCUT2D eigenvalue weighted by Crippen LogP contribution is 2.43. The van der Waals surface area contributed by atoms with E-state index in [1.165, 1.54) is 12.8 Å². The molecule has 0 unspecified atom stereocenters. The molecule has 0 spiro atoms. The van der Waals surface area contributed by atoms with Gasteiger partial charge in [-0.2, -0.15) is 0 Å². The van der Waals surface area contributed by atoms with Crippen molar-refractivity contribution in [3.05, 3.63) is 59.7 Å². The monoisotopic (exact) mass is 336 g/mol. The van der Waals surface area contributed by atoms with Crippen LogP contribution >= 0.6 is 0 Å². The SMILES string of the molecule is C[C@@H](CNC(=O)C1c2ccccc2Oc2ccccc21)N1CCCC1. The second-order valence-corrected chi connectivity index (χ2v) is 6.95. The summed E-state index contributed by atoms with van der Waals surface area (Å²) in [5.41, 5.74) is 1.88. The first-order chi connectivity index (χ1) is 12.2. The van der Waals surface area contributed by atoms with Crippen LogP contribution in [0.4, 0.5) is 0 Å². The second kappa shape index (κ2) is 6.89. The summed E-state index contributed by atoms with van der Waals surface area (Å²) in [5.74, 6) is 1.28.